The molecule has 3 heterocycles. The number of rotatable bonds is 6. The summed E-state index contributed by atoms with van der Waals surface area (Å²) in [5.74, 6) is 0.0707. The van der Waals surface area contributed by atoms with E-state index in [0.29, 0.717) is 6.54 Å². The van der Waals surface area contributed by atoms with Crippen LogP contribution in [-0.4, -0.2) is 48.4 Å². The van der Waals surface area contributed by atoms with Crippen molar-refractivity contribution in [2.24, 2.45) is 0 Å². The summed E-state index contributed by atoms with van der Waals surface area (Å²) in [5.41, 5.74) is 4.87. The molecule has 0 radical (unpaired) electrons. The zero-order valence-corrected chi connectivity index (χ0v) is 18.8. The maximum absolute atomic E-state index is 12.7. The van der Waals surface area contributed by atoms with Crippen LogP contribution >= 0.6 is 11.3 Å². The second-order valence-electron chi connectivity index (χ2n) is 8.27. The van der Waals surface area contributed by atoms with Crippen LogP contribution in [0.15, 0.2) is 41.8 Å². The van der Waals surface area contributed by atoms with Gasteiger partial charge in [0, 0.05) is 0 Å². The number of piperazine rings is 1. The molecule has 1 aliphatic rings. The Bertz CT molecular complexity index is 986. The Balaban J connectivity index is 1.33. The summed E-state index contributed by atoms with van der Waals surface area (Å²) in [6.45, 7) is 12.0. The van der Waals surface area contributed by atoms with E-state index in [4.69, 9.17) is 0 Å². The van der Waals surface area contributed by atoms with Crippen molar-refractivity contribution < 1.29 is 14.6 Å². The normalized spacial score (nSPS) is 19.0. The van der Waals surface area contributed by atoms with Gasteiger partial charge in [0.1, 0.15) is 32.7 Å². The van der Waals surface area contributed by atoms with Gasteiger partial charge in [-0.05, 0) is 44.4 Å². The third kappa shape index (κ3) is 4.80. The largest absolute Gasteiger partial charge is 0.321 e. The molecule has 1 saturated heterocycles. The minimum atomic E-state index is 0.0707. The van der Waals surface area contributed by atoms with E-state index >= 15 is 0 Å². The summed E-state index contributed by atoms with van der Waals surface area (Å²) in [6.07, 6.45) is 0. The van der Waals surface area contributed by atoms with Crippen molar-refractivity contribution in [3.8, 4) is 5.69 Å². The molecule has 0 aliphatic carbocycles. The lowest BCUT2D eigenvalue weighted by molar-refractivity contribution is -1.01. The van der Waals surface area contributed by atoms with Gasteiger partial charge in [-0.2, -0.15) is 5.10 Å². The molecule has 30 heavy (non-hydrogen) atoms. The fourth-order valence-corrected chi connectivity index (χ4v) is 4.92. The van der Waals surface area contributed by atoms with E-state index in [1.165, 1.54) is 15.3 Å². The van der Waals surface area contributed by atoms with Gasteiger partial charge in [0.05, 0.1) is 27.6 Å². The number of quaternary nitrogens is 2. The number of aromatic nitrogens is 2. The first-order valence-corrected chi connectivity index (χ1v) is 11.5. The van der Waals surface area contributed by atoms with Gasteiger partial charge in [-0.1, -0.05) is 23.8 Å². The topological polar surface area (TPSA) is 55.8 Å². The first-order valence-electron chi connectivity index (χ1n) is 10.6. The minimum absolute atomic E-state index is 0.0707. The first kappa shape index (κ1) is 20.8. The molecule has 6 nitrogen and oxygen atoms in total. The van der Waals surface area contributed by atoms with Crippen LogP contribution in [0.2, 0.25) is 0 Å². The number of hydrogen-bond donors (Lipinski definition) is 3. The van der Waals surface area contributed by atoms with Gasteiger partial charge in [0.15, 0.2) is 6.54 Å². The van der Waals surface area contributed by atoms with Gasteiger partial charge in [0.2, 0.25) is 0 Å². The molecule has 0 unspecified atom stereocenters. The number of amides is 1. The van der Waals surface area contributed by atoms with Crippen LogP contribution < -0.4 is 15.1 Å². The van der Waals surface area contributed by atoms with E-state index in [1.807, 2.05) is 29.9 Å². The van der Waals surface area contributed by atoms with Gasteiger partial charge in [-0.3, -0.25) is 4.79 Å². The number of nitrogens with one attached hydrogen (secondary N) is 3. The van der Waals surface area contributed by atoms with Gasteiger partial charge >= 0.3 is 0 Å². The molecule has 7 heteroatoms. The Morgan fingerprint density at radius 3 is 2.43 bits per heavy atom. The third-order valence-corrected chi connectivity index (χ3v) is 6.79. The molecule has 0 spiro atoms. The third-order valence-electron chi connectivity index (χ3n) is 5.91. The molecule has 3 N–H and O–H groups in total. The molecule has 0 bridgehead atoms. The van der Waals surface area contributed by atoms with Crippen LogP contribution in [0.25, 0.3) is 5.69 Å². The molecule has 4 rings (SSSR count). The lowest BCUT2D eigenvalue weighted by Gasteiger charge is -2.29. The van der Waals surface area contributed by atoms with E-state index in [0.717, 1.165) is 55.5 Å². The zero-order chi connectivity index (χ0) is 21.1. The fraction of sp³-hybridized carbons (Fsp3) is 0.391. The Kier molecular flexibility index (Phi) is 6.32. The Morgan fingerprint density at radius 2 is 1.77 bits per heavy atom. The molecule has 1 fully saturated rings. The van der Waals surface area contributed by atoms with Crippen molar-refractivity contribution in [2.45, 2.75) is 27.3 Å². The Labute approximate surface area is 182 Å². The van der Waals surface area contributed by atoms with Crippen molar-refractivity contribution >= 4 is 22.9 Å². The highest BCUT2D eigenvalue weighted by Gasteiger charge is 2.26. The summed E-state index contributed by atoms with van der Waals surface area (Å²) >= 11 is 1.83. The van der Waals surface area contributed by atoms with Crippen molar-refractivity contribution in [2.75, 3.05) is 38.0 Å². The van der Waals surface area contributed by atoms with Crippen LogP contribution in [0.5, 0.6) is 0 Å². The number of anilines is 1. The Hall–Kier alpha value is -2.48. The molecule has 0 atom stereocenters. The van der Waals surface area contributed by atoms with Crippen molar-refractivity contribution in [1.29, 1.82) is 0 Å². The molecule has 1 amide bonds. The molecule has 0 saturated carbocycles. The molecule has 158 valence electrons. The molecule has 2 aromatic heterocycles. The lowest BCUT2D eigenvalue weighted by atomic mass is 10.2. The average Bonchev–Trinajstić information content (AvgIpc) is 3.34. The van der Waals surface area contributed by atoms with E-state index < -0.39 is 0 Å². The number of carbonyl (C=O) groups is 1. The highest BCUT2D eigenvalue weighted by atomic mass is 32.1. The molecule has 1 aliphatic heterocycles. The number of carbonyl (C=O) groups excluding carboxylic acids is 1. The zero-order valence-electron chi connectivity index (χ0n) is 18.0. The van der Waals surface area contributed by atoms with E-state index in [9.17, 15) is 4.79 Å². The van der Waals surface area contributed by atoms with Crippen LogP contribution in [0.4, 0.5) is 5.69 Å². The maximum Gasteiger partial charge on any atom is 0.279 e. The van der Waals surface area contributed by atoms with E-state index in [2.05, 4.69) is 59.1 Å². The van der Waals surface area contributed by atoms with Crippen molar-refractivity contribution in [1.82, 2.24) is 9.78 Å². The van der Waals surface area contributed by atoms with Crippen LogP contribution in [0, 0.1) is 20.8 Å². The van der Waals surface area contributed by atoms with Crippen LogP contribution in [0.3, 0.4) is 0 Å². The number of benzene rings is 1. The lowest BCUT2D eigenvalue weighted by Crippen LogP contribution is -3.28. The summed E-state index contributed by atoms with van der Waals surface area (Å²) in [4.78, 5) is 17.2. The highest BCUT2D eigenvalue weighted by molar-refractivity contribution is 7.09. The van der Waals surface area contributed by atoms with Crippen LogP contribution in [0.1, 0.15) is 21.8 Å². The summed E-state index contributed by atoms with van der Waals surface area (Å²) in [7, 11) is 0. The van der Waals surface area contributed by atoms with Crippen LogP contribution in [-0.2, 0) is 11.3 Å². The average molecular weight is 426 g/mol. The Morgan fingerprint density at radius 1 is 1.07 bits per heavy atom. The number of hydrogen-bond acceptors (Lipinski definition) is 3. The molecule has 1 aromatic carbocycles. The highest BCUT2D eigenvalue weighted by Crippen LogP contribution is 2.22. The number of thiophene rings is 1. The van der Waals surface area contributed by atoms with Gasteiger partial charge in [0.25, 0.3) is 5.91 Å². The van der Waals surface area contributed by atoms with Gasteiger partial charge in [-0.25, -0.2) is 4.68 Å². The van der Waals surface area contributed by atoms with Gasteiger partial charge < -0.3 is 15.1 Å². The van der Waals surface area contributed by atoms with Gasteiger partial charge in [-0.15, -0.1) is 11.3 Å². The fourth-order valence-electron chi connectivity index (χ4n) is 4.14. The van der Waals surface area contributed by atoms with Crippen molar-refractivity contribution in [3.63, 3.8) is 0 Å². The summed E-state index contributed by atoms with van der Waals surface area (Å²) in [6, 6.07) is 12.6. The maximum atomic E-state index is 12.7. The van der Waals surface area contributed by atoms with Crippen molar-refractivity contribution in [3.05, 3.63) is 63.6 Å². The summed E-state index contributed by atoms with van der Waals surface area (Å²) < 4.78 is 1.91. The quantitative estimate of drug-likeness (QED) is 0.547. The predicted octanol–water partition coefficient (Wildman–Crippen LogP) is 0.781. The van der Waals surface area contributed by atoms with E-state index in [1.54, 1.807) is 4.90 Å². The predicted molar refractivity (Wildman–Crippen MR) is 121 cm³/mol. The second-order valence-corrected chi connectivity index (χ2v) is 9.31. The monoisotopic (exact) mass is 425 g/mol. The van der Waals surface area contributed by atoms with E-state index in [-0.39, 0.29) is 5.91 Å². The second kappa shape index (κ2) is 9.12. The number of aryl methyl sites for hydroxylation is 2. The smallest absolute Gasteiger partial charge is 0.279 e. The SMILES string of the molecule is Cc1ccc(-n2nc(C)c(NC(=O)C[NH+]3CC[NH+](Cc4cccs4)CC3)c2C)cc1. The molecule has 3 aromatic rings. The minimum Gasteiger partial charge on any atom is -0.321 e. The standard InChI is InChI=1S/C23H29N5OS/c1-17-6-8-20(9-7-17)28-19(3)23(18(2)25-28)24-22(29)16-27-12-10-26(11-13-27)15-21-5-4-14-30-21/h4-9,14H,10-13,15-16H2,1-3H3,(H,24,29)/p+2. The molecular weight excluding hydrogens is 394 g/mol. The summed E-state index contributed by atoms with van der Waals surface area (Å²) in [5, 5.41) is 9.92. The molecular formula is C23H31N5OS+2. The number of nitrogens with zero attached hydrogens (tertiary/aromatic N) is 2. The first-order chi connectivity index (χ1) is 14.5.